The van der Waals surface area contributed by atoms with Crippen molar-refractivity contribution in [3.63, 3.8) is 0 Å². The predicted molar refractivity (Wildman–Crippen MR) is 108 cm³/mol. The van der Waals surface area contributed by atoms with Crippen molar-refractivity contribution in [3.05, 3.63) is 47.1 Å². The minimum atomic E-state index is -1.69. The molecule has 3 rings (SSSR count). The van der Waals surface area contributed by atoms with Gasteiger partial charge in [-0.3, -0.25) is 0 Å². The van der Waals surface area contributed by atoms with Crippen molar-refractivity contribution in [2.45, 2.75) is 70.7 Å². The van der Waals surface area contributed by atoms with Crippen LogP contribution in [-0.4, -0.2) is 39.8 Å². The molecule has 154 valence electrons. The summed E-state index contributed by atoms with van der Waals surface area (Å²) in [6, 6.07) is 0. The maximum atomic E-state index is 10.8. The minimum absolute atomic E-state index is 0.0719. The van der Waals surface area contributed by atoms with E-state index in [0.717, 1.165) is 25.7 Å². The third-order valence-corrected chi connectivity index (χ3v) is 6.85. The van der Waals surface area contributed by atoms with E-state index in [9.17, 15) is 15.0 Å². The zero-order chi connectivity index (χ0) is 20.5. The Kier molecular flexibility index (Phi) is 5.99. The lowest BCUT2D eigenvalue weighted by molar-refractivity contribution is -0.223. The Bertz CT molecular complexity index is 746. The van der Waals surface area contributed by atoms with Crippen LogP contribution in [0.3, 0.4) is 0 Å². The molecule has 0 aromatic carbocycles. The highest BCUT2D eigenvalue weighted by molar-refractivity contribution is 5.68. The van der Waals surface area contributed by atoms with E-state index in [2.05, 4.69) is 32.6 Å². The summed E-state index contributed by atoms with van der Waals surface area (Å²) < 4.78 is 5.17. The average molecular weight is 389 g/mol. The largest absolute Gasteiger partial charge is 0.480 e. The lowest BCUT2D eigenvalue weighted by atomic mass is 9.64. The number of carboxylic acids is 1. The highest BCUT2D eigenvalue weighted by atomic mass is 16.6. The second-order valence-electron chi connectivity index (χ2n) is 8.63. The summed E-state index contributed by atoms with van der Waals surface area (Å²) in [6.45, 7) is 7.97. The smallest absolute Gasteiger partial charge is 0.329 e. The summed E-state index contributed by atoms with van der Waals surface area (Å²) in [7, 11) is 0. The second-order valence-corrected chi connectivity index (χ2v) is 8.63. The Hall–Kier alpha value is -1.69. The van der Waals surface area contributed by atoms with Crippen molar-refractivity contribution in [1.29, 1.82) is 0 Å². The first kappa shape index (κ1) is 21.0. The molecule has 0 radical (unpaired) electrons. The Morgan fingerprint density at radius 2 is 2.18 bits per heavy atom. The number of ether oxygens (including phenoxy) is 1. The fourth-order valence-corrected chi connectivity index (χ4v) is 5.26. The molecule has 3 N–H and O–H groups in total. The molecule has 3 aliphatic rings. The van der Waals surface area contributed by atoms with Crippen molar-refractivity contribution in [1.82, 2.24) is 0 Å². The van der Waals surface area contributed by atoms with Gasteiger partial charge in [0.1, 0.15) is 6.61 Å². The van der Waals surface area contributed by atoms with E-state index >= 15 is 0 Å². The maximum Gasteiger partial charge on any atom is 0.329 e. The molecule has 0 amide bonds. The molecule has 0 heterocycles. The lowest BCUT2D eigenvalue weighted by Gasteiger charge is -2.41. The van der Waals surface area contributed by atoms with Crippen molar-refractivity contribution >= 4 is 5.97 Å². The van der Waals surface area contributed by atoms with Crippen LogP contribution in [0, 0.1) is 11.3 Å². The topological polar surface area (TPSA) is 87.0 Å². The van der Waals surface area contributed by atoms with Gasteiger partial charge in [-0.25, -0.2) is 4.79 Å². The standard InChI is InChI=1S/C23H32O5/c1-4-18-9-10-19-16(6-5-11-22(18,19)3)7-8-17-12-23(27,28-14-21(25)26)13-20(24)15(17)2/h7-9,19-20,24,27H,2,4-6,10-14H2,1,3H3,(H,25,26)/t19-,20-,22+,23-/m0/s1. The van der Waals surface area contributed by atoms with Crippen molar-refractivity contribution in [3.8, 4) is 0 Å². The van der Waals surface area contributed by atoms with Crippen LogP contribution in [0.4, 0.5) is 0 Å². The van der Waals surface area contributed by atoms with Crippen LogP contribution in [-0.2, 0) is 9.53 Å². The number of fused-ring (bicyclic) bond motifs is 1. The number of hydrogen-bond acceptors (Lipinski definition) is 4. The minimum Gasteiger partial charge on any atom is -0.480 e. The molecule has 4 atom stereocenters. The number of hydrogen-bond donors (Lipinski definition) is 3. The number of aliphatic carboxylic acids is 1. The SMILES string of the molecule is C=C1C(=CC=C2CCC[C@]3(C)C(CC)=CC[C@@H]23)C[C@](O)(OCC(=O)O)C[C@@H]1O. The van der Waals surface area contributed by atoms with Crippen LogP contribution in [0.1, 0.15) is 58.8 Å². The Morgan fingerprint density at radius 3 is 2.86 bits per heavy atom. The molecule has 2 fully saturated rings. The van der Waals surface area contributed by atoms with E-state index in [1.165, 1.54) is 12.0 Å². The molecule has 0 unspecified atom stereocenters. The molecule has 3 aliphatic carbocycles. The van der Waals surface area contributed by atoms with Crippen LogP contribution in [0.2, 0.25) is 0 Å². The molecular formula is C23H32O5. The van der Waals surface area contributed by atoms with Crippen molar-refractivity contribution in [2.75, 3.05) is 6.61 Å². The zero-order valence-electron chi connectivity index (χ0n) is 16.9. The van der Waals surface area contributed by atoms with E-state index in [1.54, 1.807) is 5.57 Å². The van der Waals surface area contributed by atoms with E-state index in [0.29, 0.717) is 17.1 Å². The van der Waals surface area contributed by atoms with Gasteiger partial charge in [-0.1, -0.05) is 49.8 Å². The molecule has 28 heavy (non-hydrogen) atoms. The molecule has 2 saturated carbocycles. The molecule has 0 spiro atoms. The summed E-state index contributed by atoms with van der Waals surface area (Å²) in [5, 5.41) is 29.7. The second kappa shape index (κ2) is 7.97. The summed E-state index contributed by atoms with van der Waals surface area (Å²) in [5.41, 5.74) is 4.49. The predicted octanol–water partition coefficient (Wildman–Crippen LogP) is 3.89. The number of aliphatic hydroxyl groups excluding tert-OH is 1. The van der Waals surface area contributed by atoms with Crippen LogP contribution < -0.4 is 0 Å². The van der Waals surface area contributed by atoms with Crippen molar-refractivity contribution < 1.29 is 24.9 Å². The molecule has 0 aromatic rings. The van der Waals surface area contributed by atoms with Gasteiger partial charge in [0.15, 0.2) is 5.79 Å². The zero-order valence-corrected chi connectivity index (χ0v) is 16.9. The van der Waals surface area contributed by atoms with Gasteiger partial charge in [0.25, 0.3) is 0 Å². The fraction of sp³-hybridized carbons (Fsp3) is 0.609. The van der Waals surface area contributed by atoms with Crippen LogP contribution >= 0.6 is 0 Å². The van der Waals surface area contributed by atoms with Crippen LogP contribution in [0.25, 0.3) is 0 Å². The highest BCUT2D eigenvalue weighted by Gasteiger charge is 2.44. The fourth-order valence-electron chi connectivity index (χ4n) is 5.26. The van der Waals surface area contributed by atoms with Gasteiger partial charge >= 0.3 is 5.97 Å². The Morgan fingerprint density at radius 1 is 1.43 bits per heavy atom. The van der Waals surface area contributed by atoms with E-state index in [-0.39, 0.29) is 18.3 Å². The molecular weight excluding hydrogens is 356 g/mol. The van der Waals surface area contributed by atoms with Crippen molar-refractivity contribution in [2.24, 2.45) is 11.3 Å². The van der Waals surface area contributed by atoms with Crippen LogP contribution in [0.15, 0.2) is 47.1 Å². The highest BCUT2D eigenvalue weighted by Crippen LogP contribution is 2.55. The van der Waals surface area contributed by atoms with Gasteiger partial charge in [0, 0.05) is 12.8 Å². The average Bonchev–Trinajstić information content (AvgIpc) is 2.98. The van der Waals surface area contributed by atoms with Gasteiger partial charge in [0.2, 0.25) is 0 Å². The monoisotopic (exact) mass is 388 g/mol. The molecule has 0 aliphatic heterocycles. The summed E-state index contributed by atoms with van der Waals surface area (Å²) >= 11 is 0. The number of carboxylic acid groups (broad SMARTS) is 1. The van der Waals surface area contributed by atoms with E-state index in [4.69, 9.17) is 9.84 Å². The first-order chi connectivity index (χ1) is 13.2. The third kappa shape index (κ3) is 4.02. The molecule has 0 bridgehead atoms. The third-order valence-electron chi connectivity index (χ3n) is 6.85. The van der Waals surface area contributed by atoms with Gasteiger partial charge < -0.3 is 20.1 Å². The summed E-state index contributed by atoms with van der Waals surface area (Å²) in [6.07, 6.45) is 11.2. The number of allylic oxidation sites excluding steroid dienone is 5. The molecule has 5 nitrogen and oxygen atoms in total. The van der Waals surface area contributed by atoms with Gasteiger partial charge in [-0.15, -0.1) is 0 Å². The quantitative estimate of drug-likeness (QED) is 0.491. The molecule has 0 saturated heterocycles. The summed E-state index contributed by atoms with van der Waals surface area (Å²) in [4.78, 5) is 10.8. The first-order valence-electron chi connectivity index (χ1n) is 10.2. The van der Waals surface area contributed by atoms with Gasteiger partial charge in [-0.2, -0.15) is 0 Å². The lowest BCUT2D eigenvalue weighted by Crippen LogP contribution is -2.43. The maximum absolute atomic E-state index is 10.8. The number of aliphatic hydroxyl groups is 2. The van der Waals surface area contributed by atoms with E-state index in [1.807, 2.05) is 6.08 Å². The molecule has 5 heteroatoms. The van der Waals surface area contributed by atoms with Gasteiger partial charge in [0.05, 0.1) is 6.10 Å². The summed E-state index contributed by atoms with van der Waals surface area (Å²) in [5.74, 6) is -2.33. The number of carbonyl (C=O) groups is 1. The van der Waals surface area contributed by atoms with Gasteiger partial charge in [-0.05, 0) is 54.6 Å². The van der Waals surface area contributed by atoms with E-state index < -0.39 is 24.5 Å². The Balaban J connectivity index is 1.81. The van der Waals surface area contributed by atoms with Crippen LogP contribution in [0.5, 0.6) is 0 Å². The first-order valence-corrected chi connectivity index (χ1v) is 10.2. The molecule has 0 aromatic heterocycles. The Labute approximate surface area is 167 Å². The number of rotatable bonds is 5. The normalized spacial score (nSPS) is 38.6.